The lowest BCUT2D eigenvalue weighted by Gasteiger charge is -2.34. The number of rotatable bonds is 5. The number of hydrogen-bond acceptors (Lipinski definition) is 5. The number of sulfonamides is 2. The average molecular weight is 458 g/mol. The number of carbonyl (C=O) groups is 1. The molecule has 1 aliphatic heterocycles. The summed E-state index contributed by atoms with van der Waals surface area (Å²) in [6.07, 6.45) is 1.01. The Morgan fingerprint density at radius 1 is 0.966 bits per heavy atom. The zero-order valence-electron chi connectivity index (χ0n) is 15.6. The molecule has 0 unspecified atom stereocenters. The molecule has 1 aliphatic rings. The molecule has 29 heavy (non-hydrogen) atoms. The minimum absolute atomic E-state index is 0.103. The number of nitrogens with zero attached hydrogens (tertiary/aromatic N) is 2. The van der Waals surface area contributed by atoms with Crippen molar-refractivity contribution in [2.24, 2.45) is 0 Å². The van der Waals surface area contributed by atoms with Gasteiger partial charge in [0.2, 0.25) is 20.0 Å². The van der Waals surface area contributed by atoms with Gasteiger partial charge < -0.3 is 4.90 Å². The highest BCUT2D eigenvalue weighted by Crippen LogP contribution is 2.25. The maximum atomic E-state index is 12.7. The highest BCUT2D eigenvalue weighted by molar-refractivity contribution is 7.92. The predicted octanol–water partition coefficient (Wildman–Crippen LogP) is 1.86. The molecule has 0 aliphatic carbocycles. The molecule has 0 saturated carbocycles. The van der Waals surface area contributed by atoms with E-state index in [9.17, 15) is 21.6 Å². The van der Waals surface area contributed by atoms with E-state index in [0.29, 0.717) is 5.56 Å². The average Bonchev–Trinajstić information content (AvgIpc) is 2.69. The van der Waals surface area contributed by atoms with E-state index >= 15 is 0 Å². The van der Waals surface area contributed by atoms with Crippen molar-refractivity contribution in [3.63, 3.8) is 0 Å². The number of benzene rings is 2. The first-order valence-electron chi connectivity index (χ1n) is 8.70. The van der Waals surface area contributed by atoms with Crippen LogP contribution in [-0.4, -0.2) is 64.4 Å². The predicted molar refractivity (Wildman–Crippen MR) is 111 cm³/mol. The van der Waals surface area contributed by atoms with Crippen LogP contribution in [0.25, 0.3) is 0 Å². The summed E-state index contributed by atoms with van der Waals surface area (Å²) in [5.74, 6) is -0.297. The van der Waals surface area contributed by atoms with Gasteiger partial charge in [-0.2, -0.15) is 4.31 Å². The van der Waals surface area contributed by atoms with Gasteiger partial charge in [-0.15, -0.1) is 0 Å². The maximum absolute atomic E-state index is 12.7. The van der Waals surface area contributed by atoms with Gasteiger partial charge in [0.25, 0.3) is 5.91 Å². The first-order valence-corrected chi connectivity index (χ1v) is 12.4. The van der Waals surface area contributed by atoms with Crippen LogP contribution in [0.2, 0.25) is 5.02 Å². The lowest BCUT2D eigenvalue weighted by atomic mass is 10.1. The lowest BCUT2D eigenvalue weighted by Crippen LogP contribution is -2.50. The van der Waals surface area contributed by atoms with Crippen molar-refractivity contribution in [2.75, 3.05) is 37.2 Å². The van der Waals surface area contributed by atoms with Crippen molar-refractivity contribution in [3.05, 3.63) is 59.1 Å². The zero-order chi connectivity index (χ0) is 21.2. The van der Waals surface area contributed by atoms with Crippen LogP contribution in [0.3, 0.4) is 0 Å². The molecule has 8 nitrogen and oxygen atoms in total. The molecule has 11 heteroatoms. The smallest absolute Gasteiger partial charge is 0.253 e. The number of hydrogen-bond donors (Lipinski definition) is 1. The van der Waals surface area contributed by atoms with Gasteiger partial charge in [-0.05, 0) is 30.3 Å². The Balaban J connectivity index is 1.68. The molecule has 1 heterocycles. The van der Waals surface area contributed by atoms with E-state index in [0.717, 1.165) is 6.26 Å². The minimum atomic E-state index is -3.60. The number of anilines is 1. The SMILES string of the molecule is CS(=O)(=O)Nc1ccc(C(=O)N2CCN(S(=O)(=O)c3ccccc3)CC2)cc1Cl. The van der Waals surface area contributed by atoms with Gasteiger partial charge in [0.1, 0.15) is 0 Å². The summed E-state index contributed by atoms with van der Waals surface area (Å²) >= 11 is 6.08. The first-order chi connectivity index (χ1) is 13.6. The molecule has 0 atom stereocenters. The number of nitrogens with one attached hydrogen (secondary N) is 1. The van der Waals surface area contributed by atoms with Crippen LogP contribution in [-0.2, 0) is 20.0 Å². The Morgan fingerprint density at radius 2 is 1.59 bits per heavy atom. The molecule has 0 radical (unpaired) electrons. The molecule has 0 aromatic heterocycles. The number of amides is 1. The second-order valence-electron chi connectivity index (χ2n) is 6.58. The van der Waals surface area contributed by atoms with Gasteiger partial charge in [-0.25, -0.2) is 16.8 Å². The molecule has 2 aromatic carbocycles. The summed E-state index contributed by atoms with van der Waals surface area (Å²) in [7, 11) is -7.08. The van der Waals surface area contributed by atoms with Crippen LogP contribution in [0.5, 0.6) is 0 Å². The number of piperazine rings is 1. The van der Waals surface area contributed by atoms with E-state index in [4.69, 9.17) is 11.6 Å². The van der Waals surface area contributed by atoms with E-state index in [1.54, 1.807) is 35.2 Å². The summed E-state index contributed by atoms with van der Waals surface area (Å²) in [6.45, 7) is 0.854. The van der Waals surface area contributed by atoms with Crippen molar-refractivity contribution >= 4 is 43.2 Å². The molecule has 1 fully saturated rings. The molecule has 1 saturated heterocycles. The van der Waals surface area contributed by atoms with Crippen LogP contribution in [0.15, 0.2) is 53.4 Å². The van der Waals surface area contributed by atoms with Gasteiger partial charge in [-0.3, -0.25) is 9.52 Å². The van der Waals surface area contributed by atoms with Crippen molar-refractivity contribution in [1.82, 2.24) is 9.21 Å². The Hall–Kier alpha value is -2.14. The summed E-state index contributed by atoms with van der Waals surface area (Å²) in [4.78, 5) is 14.5. The molecule has 1 amide bonds. The van der Waals surface area contributed by atoms with Crippen molar-refractivity contribution in [2.45, 2.75) is 4.90 Å². The quantitative estimate of drug-likeness (QED) is 0.738. The highest BCUT2D eigenvalue weighted by atomic mass is 35.5. The fraction of sp³-hybridized carbons (Fsp3) is 0.278. The summed E-state index contributed by atoms with van der Waals surface area (Å²) in [5.41, 5.74) is 0.484. The lowest BCUT2D eigenvalue weighted by molar-refractivity contribution is 0.0698. The number of carbonyl (C=O) groups excluding carboxylic acids is 1. The van der Waals surface area contributed by atoms with Crippen molar-refractivity contribution < 1.29 is 21.6 Å². The minimum Gasteiger partial charge on any atom is -0.336 e. The molecule has 156 valence electrons. The third-order valence-electron chi connectivity index (χ3n) is 4.42. The van der Waals surface area contributed by atoms with Crippen LogP contribution in [0.4, 0.5) is 5.69 Å². The molecular weight excluding hydrogens is 438 g/mol. The summed E-state index contributed by atoms with van der Waals surface area (Å²) in [6, 6.07) is 12.5. The molecule has 2 aromatic rings. The van der Waals surface area contributed by atoms with Crippen LogP contribution in [0.1, 0.15) is 10.4 Å². The third kappa shape index (κ3) is 5.08. The second kappa shape index (κ2) is 8.31. The molecule has 0 bridgehead atoms. The monoisotopic (exact) mass is 457 g/mol. The van der Waals surface area contributed by atoms with Crippen LogP contribution >= 0.6 is 11.6 Å². The topological polar surface area (TPSA) is 104 Å². The maximum Gasteiger partial charge on any atom is 0.253 e. The van der Waals surface area contributed by atoms with E-state index in [1.807, 2.05) is 0 Å². The first kappa shape index (κ1) is 21.6. The van der Waals surface area contributed by atoms with Gasteiger partial charge in [-0.1, -0.05) is 29.8 Å². The Morgan fingerprint density at radius 3 is 2.14 bits per heavy atom. The summed E-state index contributed by atoms with van der Waals surface area (Å²) < 4.78 is 51.7. The van der Waals surface area contributed by atoms with E-state index in [2.05, 4.69) is 4.72 Å². The summed E-state index contributed by atoms with van der Waals surface area (Å²) in [5, 5.41) is 0.103. The van der Waals surface area contributed by atoms with Crippen LogP contribution < -0.4 is 4.72 Å². The van der Waals surface area contributed by atoms with E-state index in [-0.39, 0.29) is 47.7 Å². The Kier molecular flexibility index (Phi) is 6.18. The van der Waals surface area contributed by atoms with Gasteiger partial charge in [0.05, 0.1) is 21.9 Å². The largest absolute Gasteiger partial charge is 0.336 e. The molecular formula is C18H20ClN3O5S2. The molecule has 0 spiro atoms. The molecule has 1 N–H and O–H groups in total. The number of halogens is 1. The Labute approximate surface area is 175 Å². The van der Waals surface area contributed by atoms with Crippen LogP contribution in [0, 0.1) is 0 Å². The van der Waals surface area contributed by atoms with E-state index < -0.39 is 20.0 Å². The fourth-order valence-corrected chi connectivity index (χ4v) is 5.29. The van der Waals surface area contributed by atoms with Gasteiger partial charge in [0.15, 0.2) is 0 Å². The fourth-order valence-electron chi connectivity index (χ4n) is 2.99. The second-order valence-corrected chi connectivity index (χ2v) is 10.7. The third-order valence-corrected chi connectivity index (χ3v) is 7.23. The zero-order valence-corrected chi connectivity index (χ0v) is 18.0. The van der Waals surface area contributed by atoms with Gasteiger partial charge >= 0.3 is 0 Å². The normalized spacial score (nSPS) is 15.9. The van der Waals surface area contributed by atoms with Crippen molar-refractivity contribution in [1.29, 1.82) is 0 Å². The van der Waals surface area contributed by atoms with Gasteiger partial charge in [0, 0.05) is 31.7 Å². The van der Waals surface area contributed by atoms with E-state index in [1.165, 1.54) is 22.5 Å². The standard InChI is InChI=1S/C18H20ClN3O5S2/c1-28(24,25)20-17-8-7-14(13-16(17)19)18(23)21-9-11-22(12-10-21)29(26,27)15-5-3-2-4-6-15/h2-8,13,20H,9-12H2,1H3. The Bertz CT molecular complexity index is 1110. The molecule has 3 rings (SSSR count). The highest BCUT2D eigenvalue weighted by Gasteiger charge is 2.30. The van der Waals surface area contributed by atoms with Crippen molar-refractivity contribution in [3.8, 4) is 0 Å².